The van der Waals surface area contributed by atoms with Crippen LogP contribution in [0.15, 0.2) is 54.6 Å². The molecule has 6 heterocycles. The molecule has 2 aromatic carbocycles. The van der Waals surface area contributed by atoms with Gasteiger partial charge >= 0.3 is 19.5 Å². The van der Waals surface area contributed by atoms with Crippen LogP contribution in [0.2, 0.25) is 0 Å². The minimum Gasteiger partial charge on any atom is -0.657 e. The van der Waals surface area contributed by atoms with Crippen LogP contribution in [0, 0.1) is 13.8 Å². The molecule has 8 rings (SSSR count). The summed E-state index contributed by atoms with van der Waals surface area (Å²) in [5.41, 5.74) is 27.8. The first-order chi connectivity index (χ1) is 37.5. The van der Waals surface area contributed by atoms with Crippen molar-refractivity contribution in [1.29, 1.82) is 0 Å². The minimum absolute atomic E-state index is 0. The van der Waals surface area contributed by atoms with Gasteiger partial charge in [-0.1, -0.05) is 211 Å². The molecule has 0 spiro atoms. The van der Waals surface area contributed by atoms with Crippen LogP contribution in [0.1, 0.15) is 274 Å². The predicted octanol–water partition coefficient (Wildman–Crippen LogP) is 21.2. The number of hydrogen-bond acceptors (Lipinski definition) is 3. The topological polar surface area (TPSA) is 57.2 Å². The zero-order valence-corrected chi connectivity index (χ0v) is 55.3. The quantitative estimate of drug-likeness (QED) is 0.0482. The predicted molar refractivity (Wildman–Crippen MR) is 341 cm³/mol. The number of aryl methyl sites for hydroxylation is 4. The second kappa shape index (κ2) is 28.0. The molecule has 5 nitrogen and oxygen atoms in total. The molecule has 0 radical (unpaired) electrons. The number of benzene rings is 2. The Kier molecular flexibility index (Phi) is 22.0. The first-order valence-electron chi connectivity index (χ1n) is 31.6. The molecule has 0 amide bonds. The van der Waals surface area contributed by atoms with E-state index >= 15 is 0 Å². The maximum absolute atomic E-state index is 6.00. The van der Waals surface area contributed by atoms with Crippen molar-refractivity contribution >= 4 is 50.0 Å². The summed E-state index contributed by atoms with van der Waals surface area (Å²) < 4.78 is 0. The van der Waals surface area contributed by atoms with Crippen LogP contribution in [-0.4, -0.2) is 23.1 Å². The van der Waals surface area contributed by atoms with Gasteiger partial charge in [0.15, 0.2) is 0 Å². The zero-order chi connectivity index (χ0) is 55.7. The van der Waals surface area contributed by atoms with Crippen LogP contribution in [-0.2, 0) is 43.1 Å². The van der Waals surface area contributed by atoms with E-state index in [1.165, 1.54) is 174 Å². The monoisotopic (exact) mass is 1110 g/mol. The zero-order valence-electron chi connectivity index (χ0n) is 52.3. The normalized spacial score (nSPS) is 14.2. The van der Waals surface area contributed by atoms with Gasteiger partial charge in [0, 0.05) is 18.8 Å². The van der Waals surface area contributed by atoms with Gasteiger partial charge in [0.2, 0.25) is 0 Å². The van der Waals surface area contributed by atoms with E-state index in [1.807, 2.05) is 0 Å². The molecule has 420 valence electrons. The molecule has 0 saturated carbocycles. The molecular weight excluding hydrogens is 1010 g/mol. The summed E-state index contributed by atoms with van der Waals surface area (Å²) in [7, 11) is 0. The van der Waals surface area contributed by atoms with Gasteiger partial charge in [-0.2, -0.15) is 0 Å². The van der Waals surface area contributed by atoms with E-state index < -0.39 is 0 Å². The number of piperidine rings is 1. The van der Waals surface area contributed by atoms with Crippen molar-refractivity contribution in [2.45, 2.75) is 255 Å². The van der Waals surface area contributed by atoms with Gasteiger partial charge in [-0.15, -0.1) is 22.1 Å². The van der Waals surface area contributed by atoms with Crippen molar-refractivity contribution in [1.82, 2.24) is 19.9 Å². The van der Waals surface area contributed by atoms with E-state index in [9.17, 15) is 0 Å². The Morgan fingerprint density at radius 1 is 0.456 bits per heavy atom. The Bertz CT molecular complexity index is 3070. The van der Waals surface area contributed by atoms with Gasteiger partial charge < -0.3 is 14.9 Å². The van der Waals surface area contributed by atoms with Crippen molar-refractivity contribution in [2.24, 2.45) is 0 Å². The van der Waals surface area contributed by atoms with Crippen LogP contribution < -0.4 is 14.9 Å². The van der Waals surface area contributed by atoms with Gasteiger partial charge in [-0.25, -0.2) is 9.97 Å². The fraction of sp³-hybridized carbons (Fsp3) is 0.562. The number of rotatable bonds is 23. The maximum atomic E-state index is 6.00. The number of aromatic nitrogens is 4. The molecule has 5 aromatic rings. The number of unbranched alkanes of at least 4 members (excludes halogenated alkanes) is 12. The van der Waals surface area contributed by atoms with Gasteiger partial charge in [0.25, 0.3) is 0 Å². The van der Waals surface area contributed by atoms with Crippen molar-refractivity contribution in [3.63, 3.8) is 0 Å². The Balaban J connectivity index is 0.00000903. The third kappa shape index (κ3) is 14.4. The van der Waals surface area contributed by atoms with E-state index in [-0.39, 0.29) is 30.3 Å². The smallest absolute Gasteiger partial charge is 0.657 e. The van der Waals surface area contributed by atoms with Gasteiger partial charge in [0.05, 0.1) is 22.8 Å². The largest absolute Gasteiger partial charge is 2.00 e. The van der Waals surface area contributed by atoms with Crippen molar-refractivity contribution in [2.75, 3.05) is 18.0 Å². The molecular formula is C73H101N5Zn. The molecule has 1 fully saturated rings. The van der Waals surface area contributed by atoms with E-state index in [2.05, 4.69) is 156 Å². The first kappa shape index (κ1) is 62.1. The van der Waals surface area contributed by atoms with E-state index in [0.29, 0.717) is 0 Å². The Morgan fingerprint density at radius 3 is 1.24 bits per heavy atom. The van der Waals surface area contributed by atoms with Crippen LogP contribution in [0.3, 0.4) is 0 Å². The van der Waals surface area contributed by atoms with Gasteiger partial charge in [-0.3, -0.25) is 0 Å². The molecule has 0 atom stereocenters. The van der Waals surface area contributed by atoms with E-state index in [1.54, 1.807) is 0 Å². The Hall–Kier alpha value is -4.54. The molecule has 6 heteroatoms. The average Bonchev–Trinajstić information content (AvgIpc) is 4.19. The summed E-state index contributed by atoms with van der Waals surface area (Å²) in [6, 6.07) is 21.8. The number of fused-ring (bicyclic) bond motifs is 8. The molecule has 0 aliphatic carbocycles. The number of nitrogens with zero attached hydrogens (tertiary/aromatic N) is 5. The summed E-state index contributed by atoms with van der Waals surface area (Å²) in [6.07, 6.45) is 27.0. The third-order valence-corrected chi connectivity index (χ3v) is 17.8. The first-order valence-corrected chi connectivity index (χ1v) is 31.6. The van der Waals surface area contributed by atoms with Crippen LogP contribution in [0.5, 0.6) is 0 Å². The molecule has 3 aromatic heterocycles. The molecule has 3 aliphatic rings. The Morgan fingerprint density at radius 2 is 0.848 bits per heavy atom. The standard InChI is InChI=1S/C73H101N5.Zn/c1-15-19-23-28-34-58-49(5)68-66(53-38-40-57(41-39-53)78-42-32-27-33-43-78)69-50(6)59(35-29-24-20-16-2)63(75-69)48-65-61(37-31-26-22-18-4)52(8)71(77-65)67(54-44-55(72(9,10)11)46-56(45-54)73(12,13)14)70-51(7)60(36-30-25-21-17-3)64(76-70)47-62(58)74-68;/h38-41,44-48H,15-37,42-43H2,1-14H3;/q-2;+2. The van der Waals surface area contributed by atoms with Gasteiger partial charge in [0.1, 0.15) is 0 Å². The van der Waals surface area contributed by atoms with Crippen LogP contribution in [0.25, 0.3) is 66.6 Å². The molecule has 0 N–H and O–H groups in total. The van der Waals surface area contributed by atoms with Crippen molar-refractivity contribution in [3.8, 4) is 22.3 Å². The van der Waals surface area contributed by atoms with Crippen molar-refractivity contribution < 1.29 is 19.5 Å². The van der Waals surface area contributed by atoms with Gasteiger partial charge in [-0.05, 0) is 177 Å². The van der Waals surface area contributed by atoms with Crippen molar-refractivity contribution in [3.05, 3.63) is 111 Å². The summed E-state index contributed by atoms with van der Waals surface area (Å²) >= 11 is 0. The average molecular weight is 1110 g/mol. The molecule has 8 bridgehead atoms. The molecule has 3 aliphatic heterocycles. The summed E-state index contributed by atoms with van der Waals surface area (Å²) in [5.74, 6) is 0. The Labute approximate surface area is 493 Å². The van der Waals surface area contributed by atoms with Crippen LogP contribution >= 0.6 is 0 Å². The maximum Gasteiger partial charge on any atom is 2.00 e. The van der Waals surface area contributed by atoms with E-state index in [4.69, 9.17) is 19.9 Å². The fourth-order valence-corrected chi connectivity index (χ4v) is 12.7. The second-order valence-corrected chi connectivity index (χ2v) is 26.0. The number of allylic oxidation sites excluding steroid dienone is 4. The second-order valence-electron chi connectivity index (χ2n) is 26.0. The summed E-state index contributed by atoms with van der Waals surface area (Å²) in [6.45, 7) is 35.2. The fourth-order valence-electron chi connectivity index (χ4n) is 12.7. The van der Waals surface area contributed by atoms with E-state index in [0.717, 1.165) is 115 Å². The van der Waals surface area contributed by atoms with Crippen LogP contribution in [0.4, 0.5) is 5.69 Å². The molecule has 0 unspecified atom stereocenters. The number of anilines is 1. The minimum atomic E-state index is -0.0606. The SMILES string of the molecule is CCCCCCC1=C(C)c2nc1cc1[n-]c(c(C)c1CCCCCC)c(-c1ccc(N3CCCCC3)cc1)c1nc(cc3[n-]c(c(C)c3CCCCCC)c2-c2cc(C(C)(C)C)cc(C(C)(C)C)c2)C(CCCCCC)=C1C.[Zn+2]. The third-order valence-electron chi connectivity index (χ3n) is 17.8. The molecule has 79 heavy (non-hydrogen) atoms. The summed E-state index contributed by atoms with van der Waals surface area (Å²) in [5, 5.41) is 0. The summed E-state index contributed by atoms with van der Waals surface area (Å²) in [4.78, 5) is 26.5. The molecule has 1 saturated heterocycles. The number of hydrogen-bond donors (Lipinski definition) is 0.